The summed E-state index contributed by atoms with van der Waals surface area (Å²) in [6.07, 6.45) is 8.27. The summed E-state index contributed by atoms with van der Waals surface area (Å²) in [5.41, 5.74) is 2.08. The third-order valence-corrected chi connectivity index (χ3v) is 5.74. The molecule has 1 aliphatic carbocycles. The Balaban J connectivity index is 1.37. The van der Waals surface area contributed by atoms with E-state index in [1.54, 1.807) is 6.20 Å². The number of nitrogens with zero attached hydrogens (tertiary/aromatic N) is 4. The van der Waals surface area contributed by atoms with Gasteiger partial charge in [-0.1, -0.05) is 19.3 Å². The van der Waals surface area contributed by atoms with Crippen LogP contribution in [0.4, 0.5) is 23.7 Å². The van der Waals surface area contributed by atoms with Crippen LogP contribution in [-0.2, 0) is 6.42 Å². The van der Waals surface area contributed by atoms with Gasteiger partial charge >= 0.3 is 6.03 Å². The zero-order valence-corrected chi connectivity index (χ0v) is 16.1. The lowest BCUT2D eigenvalue weighted by Gasteiger charge is -2.38. The van der Waals surface area contributed by atoms with Gasteiger partial charge in [0, 0.05) is 23.5 Å². The van der Waals surface area contributed by atoms with E-state index in [0.717, 1.165) is 22.3 Å². The number of carbonyl (C=O) groups excluding carboxylic acids is 1. The minimum absolute atomic E-state index is 0.139. The molecule has 156 valence electrons. The van der Waals surface area contributed by atoms with Crippen molar-refractivity contribution in [3.05, 3.63) is 48.0 Å². The molecule has 1 saturated heterocycles. The van der Waals surface area contributed by atoms with E-state index in [1.165, 1.54) is 42.1 Å². The molecule has 0 spiro atoms. The largest absolute Gasteiger partial charge is 0.322 e. The molecule has 5 rings (SSSR count). The highest BCUT2D eigenvalue weighted by Gasteiger charge is 2.46. The first-order valence-electron chi connectivity index (χ1n) is 9.94. The van der Waals surface area contributed by atoms with Crippen LogP contribution in [0.15, 0.2) is 36.7 Å². The first-order chi connectivity index (χ1) is 14.4. The second-order valence-electron chi connectivity index (χ2n) is 8.14. The molecule has 2 amide bonds. The first kappa shape index (κ1) is 18.9. The predicted molar refractivity (Wildman–Crippen MR) is 105 cm³/mol. The van der Waals surface area contributed by atoms with Gasteiger partial charge in [-0.3, -0.25) is 0 Å². The van der Waals surface area contributed by atoms with Crippen LogP contribution in [0.5, 0.6) is 0 Å². The molecule has 0 radical (unpaired) electrons. The van der Waals surface area contributed by atoms with Crippen LogP contribution in [0, 0.1) is 11.7 Å². The highest BCUT2D eigenvalue weighted by Crippen LogP contribution is 2.31. The van der Waals surface area contributed by atoms with Crippen LogP contribution in [-0.4, -0.2) is 44.7 Å². The van der Waals surface area contributed by atoms with Crippen LogP contribution in [0.2, 0.25) is 0 Å². The lowest BCUT2D eigenvalue weighted by Crippen LogP contribution is -2.59. The van der Waals surface area contributed by atoms with E-state index >= 15 is 0 Å². The number of hydrogen-bond donors (Lipinski definition) is 1. The maximum atomic E-state index is 14.5. The van der Waals surface area contributed by atoms with Gasteiger partial charge < -0.3 is 10.2 Å². The summed E-state index contributed by atoms with van der Waals surface area (Å²) in [6.45, 7) is -1.24. The van der Waals surface area contributed by atoms with E-state index in [9.17, 15) is 18.0 Å². The van der Waals surface area contributed by atoms with Crippen molar-refractivity contribution >= 4 is 22.8 Å². The summed E-state index contributed by atoms with van der Waals surface area (Å²) < 4.78 is 41.8. The monoisotopic (exact) mass is 415 g/mol. The molecule has 3 aromatic rings. The number of hydrogen-bond acceptors (Lipinski definition) is 3. The molecule has 1 aromatic carbocycles. The number of rotatable bonds is 4. The molecule has 1 aliphatic heterocycles. The Morgan fingerprint density at radius 3 is 2.73 bits per heavy atom. The molecule has 0 atom stereocenters. The first-order valence-corrected chi connectivity index (χ1v) is 9.94. The Morgan fingerprint density at radius 1 is 1.23 bits per heavy atom. The van der Waals surface area contributed by atoms with Crippen LogP contribution < -0.4 is 5.32 Å². The minimum Gasteiger partial charge on any atom is -0.312 e. The maximum absolute atomic E-state index is 14.5. The van der Waals surface area contributed by atoms with E-state index in [0.29, 0.717) is 17.3 Å². The number of benzene rings is 1. The van der Waals surface area contributed by atoms with Crippen molar-refractivity contribution in [3.63, 3.8) is 0 Å². The van der Waals surface area contributed by atoms with Gasteiger partial charge in [0.2, 0.25) is 0 Å². The number of halogens is 3. The number of nitrogens with one attached hydrogen (secondary N) is 1. The minimum atomic E-state index is -2.84. The standard InChI is InChI=1S/C21H20F3N5O/c22-17-5-4-16(26-20(30)28-11-21(23,24)12-28)8-18(17)29-10-15-7-14(6-13-2-1-3-13)9-25-19(15)27-29/h4-5,7-10,13H,1-3,6,11-12H2,(H,26,30). The topological polar surface area (TPSA) is 63.1 Å². The van der Waals surface area contributed by atoms with Gasteiger partial charge in [-0.25, -0.2) is 27.6 Å². The molecule has 6 nitrogen and oxygen atoms in total. The molecule has 2 aliphatic rings. The van der Waals surface area contributed by atoms with E-state index in [-0.39, 0.29) is 5.69 Å². The van der Waals surface area contributed by atoms with Crippen molar-refractivity contribution < 1.29 is 18.0 Å². The van der Waals surface area contributed by atoms with Crippen molar-refractivity contribution in [2.24, 2.45) is 5.92 Å². The van der Waals surface area contributed by atoms with Crippen LogP contribution in [0.1, 0.15) is 24.8 Å². The lowest BCUT2D eigenvalue weighted by molar-refractivity contribution is -0.107. The molecule has 30 heavy (non-hydrogen) atoms. The third kappa shape index (κ3) is 3.59. The Bertz CT molecular complexity index is 1120. The van der Waals surface area contributed by atoms with Gasteiger partial charge in [-0.15, -0.1) is 5.10 Å². The van der Waals surface area contributed by atoms with Gasteiger partial charge in [-0.05, 0) is 42.2 Å². The van der Waals surface area contributed by atoms with Crippen LogP contribution >= 0.6 is 0 Å². The molecule has 1 saturated carbocycles. The summed E-state index contributed by atoms with van der Waals surface area (Å²) >= 11 is 0. The van der Waals surface area contributed by atoms with Gasteiger partial charge in [-0.2, -0.15) is 0 Å². The fraction of sp³-hybridized carbons (Fsp3) is 0.381. The van der Waals surface area contributed by atoms with Crippen molar-refractivity contribution in [1.82, 2.24) is 19.7 Å². The normalized spacial score (nSPS) is 18.2. The fourth-order valence-electron chi connectivity index (χ4n) is 3.85. The molecule has 2 fully saturated rings. The van der Waals surface area contributed by atoms with Crippen molar-refractivity contribution in [3.8, 4) is 5.69 Å². The number of fused-ring (bicyclic) bond motifs is 1. The zero-order valence-electron chi connectivity index (χ0n) is 16.1. The number of urea groups is 1. The molecule has 2 aromatic heterocycles. The van der Waals surface area contributed by atoms with E-state index in [2.05, 4.69) is 15.4 Å². The number of anilines is 1. The van der Waals surface area contributed by atoms with Crippen molar-refractivity contribution in [2.45, 2.75) is 31.6 Å². The SMILES string of the molecule is O=C(Nc1ccc(F)c(-n2cc3cc(CC4CCC4)cnc3n2)c1)N1CC(F)(F)C1. The molecular weight excluding hydrogens is 395 g/mol. The predicted octanol–water partition coefficient (Wildman–Crippen LogP) is 4.39. The fourth-order valence-corrected chi connectivity index (χ4v) is 3.85. The Kier molecular flexibility index (Phi) is 4.41. The van der Waals surface area contributed by atoms with Crippen molar-refractivity contribution in [1.29, 1.82) is 0 Å². The molecule has 0 unspecified atom stereocenters. The third-order valence-electron chi connectivity index (χ3n) is 5.74. The van der Waals surface area contributed by atoms with E-state index < -0.39 is 30.9 Å². The highest BCUT2D eigenvalue weighted by molar-refractivity contribution is 5.90. The average molecular weight is 415 g/mol. The van der Waals surface area contributed by atoms with Crippen LogP contribution in [0.3, 0.4) is 0 Å². The quantitative estimate of drug-likeness (QED) is 0.688. The van der Waals surface area contributed by atoms with Gasteiger partial charge in [0.05, 0.1) is 13.1 Å². The number of aromatic nitrogens is 3. The Morgan fingerprint density at radius 2 is 2.03 bits per heavy atom. The smallest absolute Gasteiger partial charge is 0.312 e. The van der Waals surface area contributed by atoms with Gasteiger partial charge in [0.15, 0.2) is 5.65 Å². The number of alkyl halides is 2. The zero-order chi connectivity index (χ0) is 20.9. The number of pyridine rings is 1. The summed E-state index contributed by atoms with van der Waals surface area (Å²) in [6, 6.07) is 5.39. The second-order valence-corrected chi connectivity index (χ2v) is 8.14. The summed E-state index contributed by atoms with van der Waals surface area (Å²) in [4.78, 5) is 17.5. The maximum Gasteiger partial charge on any atom is 0.322 e. The molecular formula is C21H20F3N5O. The summed E-state index contributed by atoms with van der Waals surface area (Å²) in [5, 5.41) is 7.68. The molecule has 9 heteroatoms. The highest BCUT2D eigenvalue weighted by atomic mass is 19.3. The summed E-state index contributed by atoms with van der Waals surface area (Å²) in [5.74, 6) is -2.65. The molecule has 1 N–H and O–H groups in total. The van der Waals surface area contributed by atoms with Crippen LogP contribution in [0.25, 0.3) is 16.7 Å². The Labute approximate surface area is 170 Å². The number of carbonyl (C=O) groups is 1. The second kappa shape index (κ2) is 7.00. The number of amides is 2. The van der Waals surface area contributed by atoms with Gasteiger partial charge in [0.25, 0.3) is 5.92 Å². The lowest BCUT2D eigenvalue weighted by atomic mass is 9.81. The van der Waals surface area contributed by atoms with Gasteiger partial charge in [0.1, 0.15) is 11.5 Å². The average Bonchev–Trinajstić information content (AvgIpc) is 3.07. The Hall–Kier alpha value is -3.10. The summed E-state index contributed by atoms with van der Waals surface area (Å²) in [7, 11) is 0. The van der Waals surface area contributed by atoms with Crippen molar-refractivity contribution in [2.75, 3.05) is 18.4 Å². The molecule has 0 bridgehead atoms. The molecule has 3 heterocycles. The van der Waals surface area contributed by atoms with E-state index in [1.807, 2.05) is 12.3 Å². The number of likely N-dealkylation sites (tertiary alicyclic amines) is 1. The van der Waals surface area contributed by atoms with E-state index in [4.69, 9.17) is 0 Å².